The molecule has 0 saturated heterocycles. The Morgan fingerprint density at radius 2 is 1.95 bits per heavy atom. The molecule has 0 aliphatic rings. The highest BCUT2D eigenvalue weighted by molar-refractivity contribution is 6.01. The molecule has 0 unspecified atom stereocenters. The highest BCUT2D eigenvalue weighted by atomic mass is 16.5. The molecule has 1 amide bonds. The minimum atomic E-state index is -1.39. The van der Waals surface area contributed by atoms with Gasteiger partial charge < -0.3 is 15.2 Å². The molecule has 0 atom stereocenters. The van der Waals surface area contributed by atoms with Crippen LogP contribution >= 0.6 is 0 Å². The largest absolute Gasteiger partial charge is 0.492 e. The smallest absolute Gasteiger partial charge is 0.243 e. The Labute approximate surface area is 118 Å². The molecule has 0 fully saturated rings. The van der Waals surface area contributed by atoms with Gasteiger partial charge in [0.2, 0.25) is 5.91 Å². The van der Waals surface area contributed by atoms with Crippen LogP contribution in [-0.4, -0.2) is 35.5 Å². The van der Waals surface area contributed by atoms with Crippen LogP contribution in [0.2, 0.25) is 0 Å². The number of benzene rings is 1. The van der Waals surface area contributed by atoms with E-state index in [-0.39, 0.29) is 11.7 Å². The first-order chi connectivity index (χ1) is 9.34. The third kappa shape index (κ3) is 4.85. The molecular formula is C15H19NO4. The summed E-state index contributed by atoms with van der Waals surface area (Å²) in [6, 6.07) is 6.48. The molecule has 0 aliphatic heterocycles. The van der Waals surface area contributed by atoms with Crippen molar-refractivity contribution >= 4 is 11.7 Å². The van der Waals surface area contributed by atoms with Crippen LogP contribution in [-0.2, 0) is 4.79 Å². The Balaban J connectivity index is 2.49. The van der Waals surface area contributed by atoms with Gasteiger partial charge >= 0.3 is 0 Å². The monoisotopic (exact) mass is 277 g/mol. The van der Waals surface area contributed by atoms with Gasteiger partial charge in [0.25, 0.3) is 0 Å². The van der Waals surface area contributed by atoms with Gasteiger partial charge in [-0.15, -0.1) is 0 Å². The van der Waals surface area contributed by atoms with Gasteiger partial charge in [-0.2, -0.15) is 0 Å². The Morgan fingerprint density at radius 3 is 2.45 bits per heavy atom. The molecule has 0 aliphatic carbocycles. The number of nitrogens with one attached hydrogen (secondary N) is 1. The molecule has 5 heteroatoms. The summed E-state index contributed by atoms with van der Waals surface area (Å²) in [5, 5.41) is 12.2. The van der Waals surface area contributed by atoms with Crippen molar-refractivity contribution < 1.29 is 19.4 Å². The van der Waals surface area contributed by atoms with Gasteiger partial charge in [0.1, 0.15) is 18.0 Å². The minimum absolute atomic E-state index is 0.250. The van der Waals surface area contributed by atoms with Crippen LogP contribution in [0.25, 0.3) is 0 Å². The number of carbonyl (C=O) groups is 2. The normalized spacial score (nSPS) is 10.8. The maximum absolute atomic E-state index is 11.8. The van der Waals surface area contributed by atoms with Crippen LogP contribution in [0.4, 0.5) is 0 Å². The van der Waals surface area contributed by atoms with Crippen LogP contribution in [0.1, 0.15) is 24.2 Å². The minimum Gasteiger partial charge on any atom is -0.492 e. The number of ketones is 1. The third-order valence-corrected chi connectivity index (χ3v) is 2.53. The highest BCUT2D eigenvalue weighted by Crippen LogP contribution is 2.16. The number of carbonyl (C=O) groups excluding carboxylic acids is 2. The number of ether oxygens (including phenoxy) is 1. The number of hydrogen-bond donors (Lipinski definition) is 2. The predicted octanol–water partition coefficient (Wildman–Crippen LogP) is 1.32. The molecular weight excluding hydrogens is 258 g/mol. The molecule has 2 N–H and O–H groups in total. The summed E-state index contributed by atoms with van der Waals surface area (Å²) in [5.41, 5.74) is -0.970. The van der Waals surface area contributed by atoms with Crippen LogP contribution in [0.15, 0.2) is 36.9 Å². The van der Waals surface area contributed by atoms with Crippen molar-refractivity contribution in [2.75, 3.05) is 13.2 Å². The first-order valence-corrected chi connectivity index (χ1v) is 6.25. The van der Waals surface area contributed by atoms with Crippen molar-refractivity contribution in [3.63, 3.8) is 0 Å². The number of aliphatic hydroxyl groups is 1. The topological polar surface area (TPSA) is 75.6 Å². The zero-order chi connectivity index (χ0) is 15.2. The van der Waals surface area contributed by atoms with Gasteiger partial charge in [-0.3, -0.25) is 9.59 Å². The SMILES string of the molecule is C=CC(=O)NCCOc1ccc(C(=O)C(C)(C)O)cc1. The highest BCUT2D eigenvalue weighted by Gasteiger charge is 2.24. The second-order valence-electron chi connectivity index (χ2n) is 4.76. The van der Waals surface area contributed by atoms with Crippen molar-refractivity contribution in [2.45, 2.75) is 19.4 Å². The van der Waals surface area contributed by atoms with Gasteiger partial charge in [0, 0.05) is 5.56 Å². The summed E-state index contributed by atoms with van der Waals surface area (Å²) in [5.74, 6) is -0.00725. The summed E-state index contributed by atoms with van der Waals surface area (Å²) in [6.07, 6.45) is 1.19. The molecule has 1 aromatic rings. The molecule has 0 radical (unpaired) electrons. The first kappa shape index (κ1) is 15.9. The van der Waals surface area contributed by atoms with E-state index in [0.717, 1.165) is 0 Å². The average Bonchev–Trinajstić information content (AvgIpc) is 2.42. The van der Waals surface area contributed by atoms with E-state index in [0.29, 0.717) is 24.5 Å². The molecule has 0 saturated carbocycles. The van der Waals surface area contributed by atoms with Crippen LogP contribution in [0.5, 0.6) is 5.75 Å². The Morgan fingerprint density at radius 1 is 1.35 bits per heavy atom. The van der Waals surface area contributed by atoms with Gasteiger partial charge in [0.05, 0.1) is 6.54 Å². The number of Topliss-reactive ketones (excluding diaryl/α,β-unsaturated/α-hetero) is 1. The molecule has 1 rings (SSSR count). The lowest BCUT2D eigenvalue weighted by Crippen LogP contribution is -2.31. The van der Waals surface area contributed by atoms with Gasteiger partial charge in [0.15, 0.2) is 5.78 Å². The summed E-state index contributed by atoms with van der Waals surface area (Å²) in [6.45, 7) is 6.92. The van der Waals surface area contributed by atoms with Crippen molar-refractivity contribution in [1.29, 1.82) is 0 Å². The number of hydrogen-bond acceptors (Lipinski definition) is 4. The fourth-order valence-corrected chi connectivity index (χ4v) is 1.47. The van der Waals surface area contributed by atoms with Crippen LogP contribution in [0.3, 0.4) is 0 Å². The van der Waals surface area contributed by atoms with E-state index in [4.69, 9.17) is 4.74 Å². The maximum Gasteiger partial charge on any atom is 0.243 e. The van der Waals surface area contributed by atoms with E-state index in [9.17, 15) is 14.7 Å². The molecule has 0 spiro atoms. The van der Waals surface area contributed by atoms with Crippen molar-refractivity contribution in [3.8, 4) is 5.75 Å². The predicted molar refractivity (Wildman–Crippen MR) is 75.8 cm³/mol. The second kappa shape index (κ2) is 6.86. The molecule has 5 nitrogen and oxygen atoms in total. The number of rotatable bonds is 7. The molecule has 108 valence electrons. The van der Waals surface area contributed by atoms with E-state index >= 15 is 0 Å². The zero-order valence-corrected chi connectivity index (χ0v) is 11.7. The fraction of sp³-hybridized carbons (Fsp3) is 0.333. The van der Waals surface area contributed by atoms with Crippen molar-refractivity contribution in [1.82, 2.24) is 5.32 Å². The Kier molecular flexibility index (Phi) is 5.46. The lowest BCUT2D eigenvalue weighted by atomic mass is 9.97. The fourth-order valence-electron chi connectivity index (χ4n) is 1.47. The number of amides is 1. The molecule has 0 heterocycles. The summed E-state index contributed by atoms with van der Waals surface area (Å²) in [7, 11) is 0. The van der Waals surface area contributed by atoms with Crippen molar-refractivity contribution in [2.24, 2.45) is 0 Å². The van der Waals surface area contributed by atoms with E-state index in [2.05, 4.69) is 11.9 Å². The molecule has 20 heavy (non-hydrogen) atoms. The molecule has 1 aromatic carbocycles. The third-order valence-electron chi connectivity index (χ3n) is 2.53. The summed E-state index contributed by atoms with van der Waals surface area (Å²) in [4.78, 5) is 22.7. The average molecular weight is 277 g/mol. The summed E-state index contributed by atoms with van der Waals surface area (Å²) >= 11 is 0. The quantitative estimate of drug-likeness (QED) is 0.448. The Hall–Kier alpha value is -2.14. The van der Waals surface area contributed by atoms with Crippen LogP contribution < -0.4 is 10.1 Å². The van der Waals surface area contributed by atoms with E-state index in [1.807, 2.05) is 0 Å². The lowest BCUT2D eigenvalue weighted by molar-refractivity contribution is -0.116. The van der Waals surface area contributed by atoms with Gasteiger partial charge in [-0.05, 0) is 44.2 Å². The molecule has 0 bridgehead atoms. The standard InChI is InChI=1S/C15H19NO4/c1-4-13(17)16-9-10-20-12-7-5-11(6-8-12)14(18)15(2,3)19/h4-8,19H,1,9-10H2,2-3H3,(H,16,17). The van der Waals surface area contributed by atoms with E-state index in [1.165, 1.54) is 19.9 Å². The van der Waals surface area contributed by atoms with Gasteiger partial charge in [-0.25, -0.2) is 0 Å². The Bertz CT molecular complexity index is 486. The van der Waals surface area contributed by atoms with Gasteiger partial charge in [-0.1, -0.05) is 6.58 Å². The van der Waals surface area contributed by atoms with E-state index < -0.39 is 5.60 Å². The van der Waals surface area contributed by atoms with E-state index in [1.54, 1.807) is 24.3 Å². The second-order valence-corrected chi connectivity index (χ2v) is 4.76. The zero-order valence-electron chi connectivity index (χ0n) is 11.7. The lowest BCUT2D eigenvalue weighted by Gasteiger charge is -2.15. The summed E-state index contributed by atoms with van der Waals surface area (Å²) < 4.78 is 5.40. The maximum atomic E-state index is 11.8. The molecule has 0 aromatic heterocycles. The van der Waals surface area contributed by atoms with Crippen molar-refractivity contribution in [3.05, 3.63) is 42.5 Å². The first-order valence-electron chi connectivity index (χ1n) is 6.25. The van der Waals surface area contributed by atoms with Crippen LogP contribution in [0, 0.1) is 0 Å².